The Morgan fingerprint density at radius 3 is 1.29 bits per heavy atom. The summed E-state index contributed by atoms with van der Waals surface area (Å²) in [6.45, 7) is 0. The Bertz CT molecular complexity index is 254. The molecule has 0 aliphatic heterocycles. The van der Waals surface area contributed by atoms with Crippen LogP contribution < -0.4 is 86.2 Å². The van der Waals surface area contributed by atoms with E-state index >= 15 is 0 Å². The summed E-state index contributed by atoms with van der Waals surface area (Å²) in [5.41, 5.74) is 0. The van der Waals surface area contributed by atoms with Crippen LogP contribution in [0.3, 0.4) is 0 Å². The Kier molecular flexibility index (Phi) is 21.2. The van der Waals surface area contributed by atoms with Gasteiger partial charge >= 0.3 is 91.3 Å². The maximum atomic E-state index is 9.08. The Morgan fingerprint density at radius 2 is 1.29 bits per heavy atom. The molecule has 2 N–H and O–H groups in total. The SMILES string of the molecule is O=S(=O)(O)OO.O=S(=O)([O-])O[O-].[K+].[Na+]. The summed E-state index contributed by atoms with van der Waals surface area (Å²) < 4.78 is 56.8. The fourth-order valence-corrected chi connectivity index (χ4v) is 0. The zero-order chi connectivity index (χ0) is 10.4. The van der Waals surface area contributed by atoms with Crippen molar-refractivity contribution >= 4 is 20.8 Å². The van der Waals surface area contributed by atoms with Crippen LogP contribution in [-0.4, -0.2) is 31.2 Å². The van der Waals surface area contributed by atoms with E-state index in [-0.39, 0.29) is 80.9 Å². The molecule has 76 valence electrons. The summed E-state index contributed by atoms with van der Waals surface area (Å²) >= 11 is 0. The molecule has 0 aromatic rings. The fraction of sp³-hybridized carbons (Fsp3) is 0. The molecule has 0 saturated heterocycles. The molecule has 14 heavy (non-hydrogen) atoms. The second kappa shape index (κ2) is 11.8. The Morgan fingerprint density at radius 1 is 1.14 bits per heavy atom. The van der Waals surface area contributed by atoms with E-state index in [1.807, 2.05) is 0 Å². The first kappa shape index (κ1) is 25.2. The van der Waals surface area contributed by atoms with Crippen LogP contribution in [0.2, 0.25) is 0 Å². The van der Waals surface area contributed by atoms with Crippen LogP contribution in [-0.2, 0) is 29.5 Å². The number of rotatable bonds is 2. The van der Waals surface area contributed by atoms with Crippen molar-refractivity contribution in [1.29, 1.82) is 0 Å². The minimum absolute atomic E-state index is 0. The van der Waals surface area contributed by atoms with Gasteiger partial charge in [-0.15, -0.1) is 0 Å². The summed E-state index contributed by atoms with van der Waals surface area (Å²) in [6, 6.07) is 0. The first-order valence-electron chi connectivity index (χ1n) is 1.70. The van der Waals surface area contributed by atoms with Gasteiger partial charge in [-0.3, -0.25) is 4.55 Å². The molecule has 14 heteroatoms. The first-order chi connectivity index (χ1) is 5.12. The first-order valence-corrected chi connectivity index (χ1v) is 4.40. The molecule has 0 amide bonds. The molecule has 0 spiro atoms. The van der Waals surface area contributed by atoms with Crippen LogP contribution in [0.25, 0.3) is 0 Å². The van der Waals surface area contributed by atoms with E-state index in [2.05, 4.69) is 8.67 Å². The van der Waals surface area contributed by atoms with Crippen molar-refractivity contribution in [2.75, 3.05) is 0 Å². The molecular formula is H2KNaO10S2. The van der Waals surface area contributed by atoms with E-state index in [1.165, 1.54) is 0 Å². The van der Waals surface area contributed by atoms with Crippen LogP contribution in [0, 0.1) is 0 Å². The van der Waals surface area contributed by atoms with Crippen molar-refractivity contribution in [1.82, 2.24) is 0 Å². The number of hydrogen-bond donors (Lipinski definition) is 2. The van der Waals surface area contributed by atoms with Crippen molar-refractivity contribution in [3.8, 4) is 0 Å². The summed E-state index contributed by atoms with van der Waals surface area (Å²) in [6.07, 6.45) is 0. The predicted octanol–water partition coefficient (Wildman–Crippen LogP) is -8.97. The van der Waals surface area contributed by atoms with Crippen molar-refractivity contribution in [3.05, 3.63) is 0 Å². The average Bonchev–Trinajstić information content (AvgIpc) is 1.86. The van der Waals surface area contributed by atoms with Gasteiger partial charge in [-0.2, -0.15) is 8.42 Å². The van der Waals surface area contributed by atoms with Crippen LogP contribution in [0.15, 0.2) is 0 Å². The molecule has 0 atom stereocenters. The van der Waals surface area contributed by atoms with E-state index in [4.69, 9.17) is 36.5 Å². The molecule has 0 heterocycles. The molecule has 0 aromatic heterocycles. The van der Waals surface area contributed by atoms with Gasteiger partial charge < -0.3 is 14.1 Å². The molecule has 0 aliphatic rings. The summed E-state index contributed by atoms with van der Waals surface area (Å²) in [5.74, 6) is 0. The van der Waals surface area contributed by atoms with E-state index < -0.39 is 20.8 Å². The van der Waals surface area contributed by atoms with Gasteiger partial charge in [0.15, 0.2) is 0 Å². The average molecular weight is 288 g/mol. The van der Waals surface area contributed by atoms with Gasteiger partial charge in [-0.25, -0.2) is 13.7 Å². The smallest absolute Gasteiger partial charge is 0.726 e. The molecule has 0 bridgehead atoms. The zero-order valence-electron chi connectivity index (χ0n) is 6.98. The maximum Gasteiger partial charge on any atom is 1.00 e. The van der Waals surface area contributed by atoms with Crippen LogP contribution in [0.4, 0.5) is 0 Å². The van der Waals surface area contributed by atoms with E-state index in [0.29, 0.717) is 0 Å². The van der Waals surface area contributed by atoms with Crippen molar-refractivity contribution in [2.24, 2.45) is 0 Å². The van der Waals surface area contributed by atoms with Gasteiger partial charge in [-0.05, 0) is 0 Å². The van der Waals surface area contributed by atoms with Gasteiger partial charge in [0.1, 0.15) is 0 Å². The predicted molar refractivity (Wildman–Crippen MR) is 26.0 cm³/mol. The molecule has 0 aliphatic carbocycles. The molecule has 0 unspecified atom stereocenters. The second-order valence-corrected chi connectivity index (χ2v) is 2.94. The Hall–Kier alpha value is 2.30. The van der Waals surface area contributed by atoms with Gasteiger partial charge in [0.2, 0.25) is 10.4 Å². The third-order valence-electron chi connectivity index (χ3n) is 0.178. The Labute approximate surface area is 144 Å². The van der Waals surface area contributed by atoms with Gasteiger partial charge in [-0.1, -0.05) is 4.33 Å². The molecule has 0 saturated carbocycles. The number of hydrogen-bond acceptors (Lipinski definition) is 9. The molecule has 0 aromatic carbocycles. The standard InChI is InChI=1S/K.Na.2H2O5S/c;;2*1-5-6(2,3)4/h;;2*1H,(H,2,3,4)/q2*+1;;/p-2. The third-order valence-corrected chi connectivity index (χ3v) is 0.533. The quantitative estimate of drug-likeness (QED) is 0.163. The van der Waals surface area contributed by atoms with Gasteiger partial charge in [0.25, 0.3) is 0 Å². The monoisotopic (exact) mass is 288 g/mol. The van der Waals surface area contributed by atoms with Gasteiger partial charge in [0.05, 0.1) is 0 Å². The van der Waals surface area contributed by atoms with E-state index in [1.54, 1.807) is 0 Å². The Balaban J connectivity index is -0.0000000625. The van der Waals surface area contributed by atoms with Crippen LogP contribution >= 0.6 is 0 Å². The van der Waals surface area contributed by atoms with Gasteiger partial charge in [0, 0.05) is 0 Å². The van der Waals surface area contributed by atoms with E-state index in [0.717, 1.165) is 0 Å². The second-order valence-electron chi connectivity index (χ2n) is 0.979. The molecule has 0 rings (SSSR count). The summed E-state index contributed by atoms with van der Waals surface area (Å²) in [7, 11) is -9.57. The van der Waals surface area contributed by atoms with Crippen LogP contribution in [0.5, 0.6) is 0 Å². The van der Waals surface area contributed by atoms with E-state index in [9.17, 15) is 0 Å². The normalized spacial score (nSPS) is 10.0. The minimum atomic E-state index is -4.97. The topological polar surface area (TPSA) is 173 Å². The maximum absolute atomic E-state index is 9.08. The van der Waals surface area contributed by atoms with Crippen molar-refractivity contribution in [3.63, 3.8) is 0 Å². The summed E-state index contributed by atoms with van der Waals surface area (Å²) in [4.78, 5) is 0. The van der Waals surface area contributed by atoms with Crippen molar-refractivity contribution in [2.45, 2.75) is 0 Å². The largest absolute Gasteiger partial charge is 1.00 e. The third kappa shape index (κ3) is 36.7. The van der Waals surface area contributed by atoms with Crippen molar-refractivity contribution < 1.29 is 126 Å². The minimum Gasteiger partial charge on any atom is -0.726 e. The molecule has 0 fully saturated rings. The zero-order valence-corrected chi connectivity index (χ0v) is 13.7. The molecular weight excluding hydrogens is 286 g/mol. The molecule has 10 nitrogen and oxygen atoms in total. The van der Waals surface area contributed by atoms with Crippen LogP contribution in [0.1, 0.15) is 0 Å². The molecule has 0 radical (unpaired) electrons. The fourth-order valence-electron chi connectivity index (χ4n) is 0. The summed E-state index contributed by atoms with van der Waals surface area (Å²) in [5, 5.41) is 15.6.